The van der Waals surface area contributed by atoms with Crippen LogP contribution in [0, 0.1) is 0 Å². The van der Waals surface area contributed by atoms with E-state index in [2.05, 4.69) is 10.3 Å². The van der Waals surface area contributed by atoms with Crippen LogP contribution in [0.4, 0.5) is 20.4 Å². The summed E-state index contributed by atoms with van der Waals surface area (Å²) in [6, 6.07) is 8.48. The molecule has 4 aromatic rings. The summed E-state index contributed by atoms with van der Waals surface area (Å²) in [5.74, 6) is -3.30. The van der Waals surface area contributed by atoms with Crippen LogP contribution < -0.4 is 10.2 Å². The van der Waals surface area contributed by atoms with Crippen molar-refractivity contribution >= 4 is 45.8 Å². The minimum atomic E-state index is -2.67. The SMILES string of the molecule is CCc1cn2c(N3CCC(F)(F)CC3)nc3c([C@@H](C)Nc4ccc(Cl)nc4C(=O)O)cccc3c2n1. The number of alkyl halides is 2. The molecule has 11 heteroatoms. The number of rotatable bonds is 6. The fourth-order valence-electron chi connectivity index (χ4n) is 4.59. The van der Waals surface area contributed by atoms with Crippen LogP contribution in [0.5, 0.6) is 0 Å². The summed E-state index contributed by atoms with van der Waals surface area (Å²) in [6.45, 7) is 4.28. The molecule has 1 aliphatic rings. The summed E-state index contributed by atoms with van der Waals surface area (Å²) in [5, 5.41) is 13.7. The highest BCUT2D eigenvalue weighted by atomic mass is 35.5. The molecule has 0 spiro atoms. The number of aromatic nitrogens is 4. The predicted molar refractivity (Wildman–Crippen MR) is 135 cm³/mol. The maximum absolute atomic E-state index is 13.9. The van der Waals surface area contributed by atoms with Crippen molar-refractivity contribution in [2.24, 2.45) is 0 Å². The van der Waals surface area contributed by atoms with E-state index in [9.17, 15) is 18.7 Å². The monoisotopic (exact) mass is 514 g/mol. The highest BCUT2D eigenvalue weighted by molar-refractivity contribution is 6.29. The van der Waals surface area contributed by atoms with E-state index in [1.807, 2.05) is 47.5 Å². The van der Waals surface area contributed by atoms with E-state index in [-0.39, 0.29) is 42.8 Å². The van der Waals surface area contributed by atoms with Gasteiger partial charge in [-0.15, -0.1) is 0 Å². The Labute approximate surface area is 210 Å². The number of halogens is 3. The Morgan fingerprint density at radius 3 is 2.64 bits per heavy atom. The van der Waals surface area contributed by atoms with Crippen molar-refractivity contribution in [3.05, 3.63) is 58.6 Å². The van der Waals surface area contributed by atoms with Gasteiger partial charge >= 0.3 is 5.97 Å². The average Bonchev–Trinajstić information content (AvgIpc) is 3.29. The van der Waals surface area contributed by atoms with E-state index in [0.29, 0.717) is 22.8 Å². The van der Waals surface area contributed by atoms with Crippen LogP contribution in [0.2, 0.25) is 5.15 Å². The number of anilines is 2. The van der Waals surface area contributed by atoms with Crippen LogP contribution in [0.25, 0.3) is 16.6 Å². The van der Waals surface area contributed by atoms with Gasteiger partial charge < -0.3 is 15.3 Å². The van der Waals surface area contributed by atoms with Crippen molar-refractivity contribution in [3.8, 4) is 0 Å². The number of nitrogens with one attached hydrogen (secondary N) is 1. The Balaban J connectivity index is 1.62. The first-order chi connectivity index (χ1) is 17.2. The Morgan fingerprint density at radius 1 is 1.19 bits per heavy atom. The van der Waals surface area contributed by atoms with Gasteiger partial charge in [-0.3, -0.25) is 4.40 Å². The number of imidazole rings is 1. The van der Waals surface area contributed by atoms with Gasteiger partial charge in [0.25, 0.3) is 5.92 Å². The summed E-state index contributed by atoms with van der Waals surface area (Å²) >= 11 is 5.90. The van der Waals surface area contributed by atoms with Crippen molar-refractivity contribution in [1.29, 1.82) is 0 Å². The zero-order valence-corrected chi connectivity index (χ0v) is 20.6. The Bertz CT molecular complexity index is 1460. The Morgan fingerprint density at radius 2 is 1.94 bits per heavy atom. The summed E-state index contributed by atoms with van der Waals surface area (Å²) in [7, 11) is 0. The molecular weight excluding hydrogens is 490 g/mol. The van der Waals surface area contributed by atoms with Gasteiger partial charge in [-0.25, -0.2) is 28.5 Å². The largest absolute Gasteiger partial charge is 0.476 e. The van der Waals surface area contributed by atoms with Crippen molar-refractivity contribution < 1.29 is 18.7 Å². The lowest BCUT2D eigenvalue weighted by Gasteiger charge is -2.33. The molecule has 3 aromatic heterocycles. The van der Waals surface area contributed by atoms with Crippen LogP contribution in [-0.2, 0) is 6.42 Å². The Hall–Kier alpha value is -3.53. The molecule has 4 heterocycles. The van der Waals surface area contributed by atoms with Crippen molar-refractivity contribution in [2.75, 3.05) is 23.3 Å². The van der Waals surface area contributed by atoms with Crippen LogP contribution in [0.1, 0.15) is 54.5 Å². The topological polar surface area (TPSA) is 95.7 Å². The summed E-state index contributed by atoms with van der Waals surface area (Å²) < 4.78 is 29.6. The molecule has 1 aromatic carbocycles. The van der Waals surface area contributed by atoms with Gasteiger partial charge in [0.1, 0.15) is 10.8 Å². The molecule has 2 N–H and O–H groups in total. The molecular formula is C25H25ClF2N6O2. The van der Waals surface area contributed by atoms with Crippen LogP contribution in [0.3, 0.4) is 0 Å². The molecule has 1 atom stereocenters. The number of hydrogen-bond acceptors (Lipinski definition) is 6. The number of fused-ring (bicyclic) bond motifs is 3. The third-order valence-electron chi connectivity index (χ3n) is 6.53. The van der Waals surface area contributed by atoms with E-state index in [1.54, 1.807) is 6.07 Å². The fraction of sp³-hybridized carbons (Fsp3) is 0.360. The molecule has 1 saturated heterocycles. The van der Waals surface area contributed by atoms with Gasteiger partial charge in [0.05, 0.1) is 22.9 Å². The number of aromatic carboxylic acids is 1. The van der Waals surface area contributed by atoms with Gasteiger partial charge in [0, 0.05) is 43.1 Å². The third kappa shape index (κ3) is 4.41. The van der Waals surface area contributed by atoms with Crippen molar-refractivity contribution in [3.63, 3.8) is 0 Å². The van der Waals surface area contributed by atoms with Crippen LogP contribution in [0.15, 0.2) is 36.5 Å². The molecule has 5 rings (SSSR count). The minimum absolute atomic E-state index is 0.0857. The molecule has 1 aliphatic heterocycles. The molecule has 0 radical (unpaired) electrons. The zero-order chi connectivity index (χ0) is 25.6. The summed E-state index contributed by atoms with van der Waals surface area (Å²) in [6.07, 6.45) is 2.17. The predicted octanol–water partition coefficient (Wildman–Crippen LogP) is 5.60. The number of carboxylic acids is 1. The van der Waals surface area contributed by atoms with E-state index < -0.39 is 11.9 Å². The lowest BCUT2D eigenvalue weighted by Crippen LogP contribution is -2.40. The molecule has 8 nitrogen and oxygen atoms in total. The molecule has 0 bridgehead atoms. The smallest absolute Gasteiger partial charge is 0.356 e. The maximum atomic E-state index is 13.9. The second kappa shape index (κ2) is 9.16. The summed E-state index contributed by atoms with van der Waals surface area (Å²) in [5.41, 5.74) is 3.21. The molecule has 0 saturated carbocycles. The summed E-state index contributed by atoms with van der Waals surface area (Å²) in [4.78, 5) is 27.3. The van der Waals surface area contributed by atoms with Gasteiger partial charge in [-0.1, -0.05) is 30.7 Å². The second-order valence-corrected chi connectivity index (χ2v) is 9.37. The number of para-hydroxylation sites is 1. The minimum Gasteiger partial charge on any atom is -0.476 e. The first-order valence-electron chi connectivity index (χ1n) is 11.8. The number of aryl methyl sites for hydroxylation is 1. The molecule has 36 heavy (non-hydrogen) atoms. The number of carbonyl (C=O) groups is 1. The van der Waals surface area contributed by atoms with Crippen molar-refractivity contribution in [2.45, 2.75) is 45.1 Å². The van der Waals surface area contributed by atoms with E-state index in [1.165, 1.54) is 6.07 Å². The van der Waals surface area contributed by atoms with Gasteiger partial charge in [0.2, 0.25) is 5.95 Å². The third-order valence-corrected chi connectivity index (χ3v) is 6.74. The lowest BCUT2D eigenvalue weighted by molar-refractivity contribution is -0.0222. The highest BCUT2D eigenvalue weighted by Crippen LogP contribution is 2.34. The number of piperidine rings is 1. The van der Waals surface area contributed by atoms with Gasteiger partial charge in [-0.05, 0) is 31.5 Å². The van der Waals surface area contributed by atoms with E-state index >= 15 is 0 Å². The number of nitrogens with zero attached hydrogens (tertiary/aromatic N) is 5. The molecule has 0 amide bonds. The van der Waals surface area contributed by atoms with Crippen molar-refractivity contribution in [1.82, 2.24) is 19.4 Å². The fourth-order valence-corrected chi connectivity index (χ4v) is 4.74. The number of hydrogen-bond donors (Lipinski definition) is 2. The zero-order valence-electron chi connectivity index (χ0n) is 19.8. The number of benzene rings is 1. The first-order valence-corrected chi connectivity index (χ1v) is 12.1. The molecule has 0 unspecified atom stereocenters. The van der Waals surface area contributed by atoms with Gasteiger partial charge in [0.15, 0.2) is 5.69 Å². The van der Waals surface area contributed by atoms with Gasteiger partial charge in [-0.2, -0.15) is 0 Å². The van der Waals surface area contributed by atoms with E-state index in [4.69, 9.17) is 21.6 Å². The normalized spacial score (nSPS) is 16.4. The quantitative estimate of drug-likeness (QED) is 0.323. The van der Waals surface area contributed by atoms with E-state index in [0.717, 1.165) is 23.1 Å². The first kappa shape index (κ1) is 24.2. The average molecular weight is 515 g/mol. The number of pyridine rings is 1. The molecule has 0 aliphatic carbocycles. The Kier molecular flexibility index (Phi) is 6.15. The standard InChI is InChI=1S/C25H25ClF2N6O2/c1-3-15-13-34-22(30-15)17-6-4-5-16(14(2)29-18-7-8-19(26)31-21(18)23(35)36)20(17)32-24(34)33-11-9-25(27,28)10-12-33/h4-8,13-14,29H,3,9-12H2,1-2H3,(H,35,36)/t14-/m1/s1. The molecule has 1 fully saturated rings. The maximum Gasteiger partial charge on any atom is 0.356 e. The van der Waals surface area contributed by atoms with Crippen LogP contribution in [-0.4, -0.2) is 49.4 Å². The lowest BCUT2D eigenvalue weighted by atomic mass is 10.0. The van der Waals surface area contributed by atoms with Crippen LogP contribution >= 0.6 is 11.6 Å². The molecule has 188 valence electrons. The number of carboxylic acid groups (broad SMARTS) is 1. The second-order valence-electron chi connectivity index (χ2n) is 8.98. The highest BCUT2D eigenvalue weighted by Gasteiger charge is 2.35.